The number of nitrogens with one attached hydrogen (secondary N) is 1. The van der Waals surface area contributed by atoms with Crippen LogP contribution in [0.1, 0.15) is 35.6 Å². The molecule has 3 unspecified atom stereocenters. The van der Waals surface area contributed by atoms with Gasteiger partial charge in [-0.1, -0.05) is 17.7 Å². The highest BCUT2D eigenvalue weighted by Gasteiger charge is 2.55. The van der Waals surface area contributed by atoms with E-state index in [9.17, 15) is 18.0 Å². The number of nitrogens with zero attached hydrogens (tertiary/aromatic N) is 7. The molecule has 3 atom stereocenters. The number of aromatic nitrogens is 8. The fourth-order valence-corrected chi connectivity index (χ4v) is 5.58. The zero-order valence-electron chi connectivity index (χ0n) is 20.1. The van der Waals surface area contributed by atoms with Gasteiger partial charge < -0.3 is 10.7 Å². The van der Waals surface area contributed by atoms with Crippen molar-refractivity contribution in [3.8, 4) is 28.2 Å². The second-order valence-electron chi connectivity index (χ2n) is 9.66. The maximum absolute atomic E-state index is 15.0. The normalized spacial score (nSPS) is 19.5. The van der Waals surface area contributed by atoms with Crippen LogP contribution in [0, 0.1) is 11.9 Å². The molecule has 10 nitrogen and oxygen atoms in total. The van der Waals surface area contributed by atoms with Crippen LogP contribution in [0.3, 0.4) is 0 Å². The number of hydrogen-bond donors (Lipinski definition) is 2. The lowest BCUT2D eigenvalue weighted by Crippen LogP contribution is -2.27. The molecule has 1 aliphatic heterocycles. The van der Waals surface area contributed by atoms with Gasteiger partial charge in [0.2, 0.25) is 5.95 Å². The van der Waals surface area contributed by atoms with Gasteiger partial charge in [-0.25, -0.2) is 9.97 Å². The molecule has 3 N–H and O–H groups in total. The lowest BCUT2D eigenvalue weighted by molar-refractivity contribution is -0.136. The predicted octanol–water partition coefficient (Wildman–Crippen LogP) is 4.38. The quantitative estimate of drug-likeness (QED) is 0.242. The zero-order valence-corrected chi connectivity index (χ0v) is 20.8. The molecule has 0 radical (unpaired) electrons. The van der Waals surface area contributed by atoms with Crippen LogP contribution in [0.2, 0.25) is 5.02 Å². The molecular weight excluding hydrogens is 554 g/mol. The fraction of sp³-hybridized carbons (Fsp3) is 0.200. The second-order valence-corrected chi connectivity index (χ2v) is 10.1. The summed E-state index contributed by atoms with van der Waals surface area (Å²) in [7, 11) is 0. The Kier molecular flexibility index (Phi) is 5.17. The fourth-order valence-electron chi connectivity index (χ4n) is 5.41. The van der Waals surface area contributed by atoms with Crippen LogP contribution in [-0.4, -0.2) is 39.7 Å². The van der Waals surface area contributed by atoms with Gasteiger partial charge in [-0.3, -0.25) is 9.36 Å². The Morgan fingerprint density at radius 2 is 1.93 bits per heavy atom. The maximum Gasteiger partial charge on any atom is 0.418 e. The van der Waals surface area contributed by atoms with Crippen LogP contribution >= 0.6 is 11.6 Å². The molecule has 2 aromatic carbocycles. The number of nitrogens with two attached hydrogens (primary N) is 1. The summed E-state index contributed by atoms with van der Waals surface area (Å²) in [5.41, 5.74) is 4.70. The van der Waals surface area contributed by atoms with Gasteiger partial charge >= 0.3 is 6.18 Å². The molecule has 0 spiro atoms. The standard InChI is InChI=1S/C25H16ClF4N9O/c26-11-2-4-18(38-9-32-36-37-38)14(6-11)17-8-19(40)39-21(12-7-13(12)24(39)33-17)23-34-20(22(27)35-23)10-1-3-16(31)15(5-10)25(28,29)30/h1-6,8-9,12-13,21H,7,31H2,(H,34,35). The molecule has 15 heteroatoms. The summed E-state index contributed by atoms with van der Waals surface area (Å²) >= 11 is 6.25. The van der Waals surface area contributed by atoms with Crippen LogP contribution in [0.4, 0.5) is 23.2 Å². The number of H-pyrrole nitrogens is 1. The van der Waals surface area contributed by atoms with Crippen LogP contribution in [0.25, 0.3) is 28.2 Å². The summed E-state index contributed by atoms with van der Waals surface area (Å²) in [5.74, 6) is -0.507. The van der Waals surface area contributed by atoms with E-state index in [1.807, 2.05) is 0 Å². The van der Waals surface area contributed by atoms with Crippen molar-refractivity contribution >= 4 is 17.3 Å². The van der Waals surface area contributed by atoms with E-state index in [0.717, 1.165) is 12.1 Å². The minimum Gasteiger partial charge on any atom is -0.398 e. The summed E-state index contributed by atoms with van der Waals surface area (Å²) in [6.45, 7) is 0. The van der Waals surface area contributed by atoms with Crippen LogP contribution < -0.4 is 11.3 Å². The second kappa shape index (κ2) is 8.45. The number of benzene rings is 2. The summed E-state index contributed by atoms with van der Waals surface area (Å²) in [4.78, 5) is 25.0. The molecule has 2 aliphatic rings. The number of tetrazole rings is 1. The molecule has 4 heterocycles. The van der Waals surface area contributed by atoms with Crippen molar-refractivity contribution in [3.05, 3.63) is 87.3 Å². The van der Waals surface area contributed by atoms with E-state index in [4.69, 9.17) is 22.3 Å². The Hall–Kier alpha value is -4.59. The first-order chi connectivity index (χ1) is 19.1. The summed E-state index contributed by atoms with van der Waals surface area (Å²) in [6.07, 6.45) is -2.62. The minimum atomic E-state index is -4.71. The number of aromatic amines is 1. The molecule has 0 amide bonds. The van der Waals surface area contributed by atoms with E-state index >= 15 is 4.39 Å². The molecule has 40 heavy (non-hydrogen) atoms. The summed E-state index contributed by atoms with van der Waals surface area (Å²) in [6, 6.07) is 8.82. The van der Waals surface area contributed by atoms with Crippen molar-refractivity contribution in [1.29, 1.82) is 0 Å². The van der Waals surface area contributed by atoms with Gasteiger partial charge in [0.25, 0.3) is 5.56 Å². The van der Waals surface area contributed by atoms with E-state index in [1.54, 1.807) is 18.2 Å². The van der Waals surface area contributed by atoms with E-state index in [0.29, 0.717) is 34.2 Å². The summed E-state index contributed by atoms with van der Waals surface area (Å²) in [5, 5.41) is 11.6. The van der Waals surface area contributed by atoms with Gasteiger partial charge in [-0.2, -0.15) is 22.2 Å². The Bertz CT molecular complexity index is 1870. The van der Waals surface area contributed by atoms with Crippen LogP contribution in [0.5, 0.6) is 0 Å². The van der Waals surface area contributed by atoms with Gasteiger partial charge in [-0.05, 0) is 53.1 Å². The first-order valence-electron chi connectivity index (χ1n) is 12.0. The largest absolute Gasteiger partial charge is 0.418 e. The maximum atomic E-state index is 15.0. The number of alkyl halides is 3. The number of nitrogen functional groups attached to an aromatic ring is 1. The Balaban J connectivity index is 1.30. The molecule has 1 fully saturated rings. The van der Waals surface area contributed by atoms with Crippen molar-refractivity contribution in [1.82, 2.24) is 39.7 Å². The van der Waals surface area contributed by atoms with E-state index in [-0.39, 0.29) is 28.9 Å². The third kappa shape index (κ3) is 3.78. The van der Waals surface area contributed by atoms with E-state index < -0.39 is 35.0 Å². The SMILES string of the molecule is Nc1ccc(-c2[nH]c(C3C4CC4c4nc(-c5cc(Cl)ccc5-n5cnnn5)cc(=O)n43)nc2F)cc1C(F)(F)F. The van der Waals surface area contributed by atoms with Gasteiger partial charge in [0.15, 0.2) is 0 Å². The molecule has 202 valence electrons. The Morgan fingerprint density at radius 1 is 1.10 bits per heavy atom. The highest BCUT2D eigenvalue weighted by atomic mass is 35.5. The lowest BCUT2D eigenvalue weighted by atomic mass is 10.1. The third-order valence-corrected chi connectivity index (χ3v) is 7.51. The average molecular weight is 570 g/mol. The first-order valence-corrected chi connectivity index (χ1v) is 12.4. The molecule has 0 bridgehead atoms. The highest BCUT2D eigenvalue weighted by Crippen LogP contribution is 2.60. The molecule has 5 aromatic rings. The van der Waals surface area contributed by atoms with Crippen LogP contribution in [-0.2, 0) is 6.18 Å². The lowest BCUT2D eigenvalue weighted by Gasteiger charge is -2.17. The topological polar surface area (TPSA) is 133 Å². The number of imidazole rings is 1. The van der Waals surface area contributed by atoms with Gasteiger partial charge in [0.1, 0.15) is 23.7 Å². The first kappa shape index (κ1) is 24.5. The molecule has 0 saturated heterocycles. The van der Waals surface area contributed by atoms with Gasteiger partial charge in [0, 0.05) is 33.8 Å². The molecule has 3 aromatic heterocycles. The molecule has 7 rings (SSSR count). The van der Waals surface area contributed by atoms with Gasteiger partial charge in [-0.15, -0.1) is 5.10 Å². The van der Waals surface area contributed by atoms with E-state index in [1.165, 1.54) is 27.7 Å². The molecular formula is C25H16ClF4N9O. The minimum absolute atomic E-state index is 0.0692. The van der Waals surface area contributed by atoms with Crippen LogP contribution in [0.15, 0.2) is 53.6 Å². The van der Waals surface area contributed by atoms with Crippen molar-refractivity contribution in [2.45, 2.75) is 24.6 Å². The van der Waals surface area contributed by atoms with Gasteiger partial charge in [0.05, 0.1) is 23.0 Å². The third-order valence-electron chi connectivity index (χ3n) is 7.27. The number of anilines is 1. The molecule has 1 saturated carbocycles. The Morgan fingerprint density at radius 3 is 2.67 bits per heavy atom. The number of halogens is 5. The number of hydrogen-bond acceptors (Lipinski definition) is 7. The number of fused-ring (bicyclic) bond motifs is 3. The average Bonchev–Trinajstić information content (AvgIpc) is 3.21. The Labute approximate surface area is 226 Å². The number of rotatable bonds is 4. The smallest absolute Gasteiger partial charge is 0.398 e. The van der Waals surface area contributed by atoms with Crippen molar-refractivity contribution in [2.24, 2.45) is 5.92 Å². The zero-order chi connectivity index (χ0) is 27.9. The van der Waals surface area contributed by atoms with E-state index in [2.05, 4.69) is 25.5 Å². The highest BCUT2D eigenvalue weighted by molar-refractivity contribution is 6.31. The van der Waals surface area contributed by atoms with Crippen molar-refractivity contribution in [3.63, 3.8) is 0 Å². The monoisotopic (exact) mass is 569 g/mol. The predicted molar refractivity (Wildman–Crippen MR) is 134 cm³/mol. The summed E-state index contributed by atoms with van der Waals surface area (Å²) < 4.78 is 58.0. The molecule has 1 aliphatic carbocycles. The van der Waals surface area contributed by atoms with Crippen molar-refractivity contribution in [2.75, 3.05) is 5.73 Å². The van der Waals surface area contributed by atoms with Crippen molar-refractivity contribution < 1.29 is 17.6 Å².